The van der Waals surface area contributed by atoms with Crippen molar-refractivity contribution in [3.05, 3.63) is 101 Å². The average Bonchev–Trinajstić information content (AvgIpc) is 3.41. The number of anilines is 1. The minimum Gasteiger partial charge on any atom is -0.319 e. The van der Waals surface area contributed by atoms with Crippen LogP contribution in [0.3, 0.4) is 0 Å². The maximum absolute atomic E-state index is 13.9. The van der Waals surface area contributed by atoms with E-state index in [4.69, 9.17) is 0 Å². The first-order chi connectivity index (χ1) is 17.6. The van der Waals surface area contributed by atoms with Crippen LogP contribution in [0, 0.1) is 19.7 Å². The molecule has 0 aliphatic heterocycles. The lowest BCUT2D eigenvalue weighted by atomic mass is 10.1. The van der Waals surface area contributed by atoms with Gasteiger partial charge in [-0.25, -0.2) is 13.9 Å². The molecule has 2 aromatic carbocycles. The highest BCUT2D eigenvalue weighted by Gasteiger charge is 2.36. The lowest BCUT2D eigenvalue weighted by Gasteiger charge is -2.12. The Balaban J connectivity index is 1.51. The van der Waals surface area contributed by atoms with E-state index in [0.717, 1.165) is 17.8 Å². The van der Waals surface area contributed by atoms with E-state index >= 15 is 0 Å². The van der Waals surface area contributed by atoms with Crippen molar-refractivity contribution < 1.29 is 22.4 Å². The highest BCUT2D eigenvalue weighted by molar-refractivity contribution is 6.08. The molecule has 0 fully saturated rings. The standard InChI is InChI=1S/C26H20F4N6O/c1-15-23(16(2)35(34-15)14-17-8-10-19(27)11-9-17)33-25(37)20-13-31-36-22(26(28,29)30)12-21(32-24(20)36)18-6-4-3-5-7-18/h3-13H,14H2,1-2H3,(H,33,37). The van der Waals surface area contributed by atoms with Crippen molar-refractivity contribution in [3.8, 4) is 11.3 Å². The van der Waals surface area contributed by atoms with Gasteiger partial charge >= 0.3 is 6.18 Å². The third kappa shape index (κ3) is 4.67. The molecule has 5 aromatic rings. The average molecular weight is 508 g/mol. The molecule has 5 rings (SSSR count). The van der Waals surface area contributed by atoms with Gasteiger partial charge in [-0.05, 0) is 37.6 Å². The Morgan fingerprint density at radius 1 is 1.03 bits per heavy atom. The zero-order chi connectivity index (χ0) is 26.3. The number of rotatable bonds is 5. The van der Waals surface area contributed by atoms with Crippen molar-refractivity contribution >= 4 is 17.2 Å². The zero-order valence-corrected chi connectivity index (χ0v) is 19.7. The molecule has 3 heterocycles. The van der Waals surface area contributed by atoms with Crippen LogP contribution in [0.15, 0.2) is 66.9 Å². The summed E-state index contributed by atoms with van der Waals surface area (Å²) in [7, 11) is 0. The first-order valence-electron chi connectivity index (χ1n) is 11.2. The van der Waals surface area contributed by atoms with Crippen molar-refractivity contribution in [1.82, 2.24) is 24.4 Å². The van der Waals surface area contributed by atoms with Gasteiger partial charge in [-0.3, -0.25) is 9.48 Å². The number of hydrogen-bond acceptors (Lipinski definition) is 4. The van der Waals surface area contributed by atoms with Gasteiger partial charge in [0, 0.05) is 5.56 Å². The number of hydrogen-bond donors (Lipinski definition) is 1. The molecule has 0 aliphatic rings. The van der Waals surface area contributed by atoms with Crippen LogP contribution in [0.2, 0.25) is 0 Å². The van der Waals surface area contributed by atoms with Crippen LogP contribution in [0.4, 0.5) is 23.2 Å². The van der Waals surface area contributed by atoms with Crippen molar-refractivity contribution in [1.29, 1.82) is 0 Å². The maximum atomic E-state index is 13.9. The van der Waals surface area contributed by atoms with Gasteiger partial charge in [0.25, 0.3) is 5.91 Å². The van der Waals surface area contributed by atoms with E-state index in [-0.39, 0.29) is 22.7 Å². The van der Waals surface area contributed by atoms with Crippen LogP contribution in [0.5, 0.6) is 0 Å². The second-order valence-corrected chi connectivity index (χ2v) is 8.47. The van der Waals surface area contributed by atoms with Gasteiger partial charge in [-0.1, -0.05) is 42.5 Å². The summed E-state index contributed by atoms with van der Waals surface area (Å²) in [5, 5.41) is 11.0. The number of fused-ring (bicyclic) bond motifs is 1. The van der Waals surface area contributed by atoms with Crippen LogP contribution in [0.25, 0.3) is 16.9 Å². The fourth-order valence-electron chi connectivity index (χ4n) is 4.06. The molecule has 0 atom stereocenters. The Bertz CT molecular complexity index is 1600. The predicted octanol–water partition coefficient (Wildman–Crippen LogP) is 5.67. The number of nitrogens with zero attached hydrogens (tertiary/aromatic N) is 5. The Kier molecular flexibility index (Phi) is 5.98. The summed E-state index contributed by atoms with van der Waals surface area (Å²) in [4.78, 5) is 17.6. The molecule has 1 amide bonds. The molecule has 188 valence electrons. The molecule has 0 radical (unpaired) electrons. The minimum absolute atomic E-state index is 0.0643. The van der Waals surface area contributed by atoms with E-state index in [1.165, 1.54) is 12.1 Å². The number of carbonyl (C=O) groups is 1. The largest absolute Gasteiger partial charge is 0.433 e. The van der Waals surface area contributed by atoms with Gasteiger partial charge in [0.15, 0.2) is 11.3 Å². The number of aromatic nitrogens is 5. The van der Waals surface area contributed by atoms with E-state index in [9.17, 15) is 22.4 Å². The Morgan fingerprint density at radius 2 is 1.73 bits per heavy atom. The maximum Gasteiger partial charge on any atom is 0.433 e. The SMILES string of the molecule is Cc1nn(Cc2ccc(F)cc2)c(C)c1NC(=O)c1cnn2c(C(F)(F)F)cc(-c3ccccc3)nc12. The molecule has 11 heteroatoms. The van der Waals surface area contributed by atoms with Gasteiger partial charge < -0.3 is 5.32 Å². The smallest absolute Gasteiger partial charge is 0.319 e. The summed E-state index contributed by atoms with van der Waals surface area (Å²) >= 11 is 0. The van der Waals surface area contributed by atoms with Crippen LogP contribution >= 0.6 is 0 Å². The number of alkyl halides is 3. The quantitative estimate of drug-likeness (QED) is 0.311. The second-order valence-electron chi connectivity index (χ2n) is 8.47. The molecule has 0 spiro atoms. The predicted molar refractivity (Wildman–Crippen MR) is 129 cm³/mol. The van der Waals surface area contributed by atoms with E-state index in [1.54, 1.807) is 61.0 Å². The summed E-state index contributed by atoms with van der Waals surface area (Å²) in [6, 6.07) is 15.3. The van der Waals surface area contributed by atoms with Crippen LogP contribution < -0.4 is 5.32 Å². The van der Waals surface area contributed by atoms with E-state index in [2.05, 4.69) is 20.5 Å². The molecule has 0 saturated heterocycles. The third-order valence-corrected chi connectivity index (χ3v) is 5.94. The number of benzene rings is 2. The number of nitrogens with one attached hydrogen (secondary N) is 1. The first-order valence-corrected chi connectivity index (χ1v) is 11.2. The van der Waals surface area contributed by atoms with Crippen LogP contribution in [0.1, 0.15) is 33.0 Å². The van der Waals surface area contributed by atoms with Crippen molar-refractivity contribution in [2.45, 2.75) is 26.6 Å². The minimum atomic E-state index is -4.72. The summed E-state index contributed by atoms with van der Waals surface area (Å²) in [6.45, 7) is 3.80. The number of aryl methyl sites for hydroxylation is 1. The molecule has 3 aromatic heterocycles. The van der Waals surface area contributed by atoms with Crippen LogP contribution in [-0.4, -0.2) is 30.3 Å². The Labute approximate surface area is 208 Å². The summed E-state index contributed by atoms with van der Waals surface area (Å²) in [6.07, 6.45) is -3.66. The number of halogens is 4. The monoisotopic (exact) mass is 508 g/mol. The molecule has 0 aliphatic carbocycles. The Hall–Kier alpha value is -4.54. The number of amides is 1. The van der Waals surface area contributed by atoms with E-state index in [1.807, 2.05) is 0 Å². The summed E-state index contributed by atoms with van der Waals surface area (Å²) in [5.74, 6) is -1.02. The van der Waals surface area contributed by atoms with Gasteiger partial charge in [0.05, 0.1) is 35.5 Å². The molecule has 1 N–H and O–H groups in total. The first kappa shape index (κ1) is 24.2. The molecule has 37 heavy (non-hydrogen) atoms. The summed E-state index contributed by atoms with van der Waals surface area (Å²) < 4.78 is 57.1. The van der Waals surface area contributed by atoms with Crippen molar-refractivity contribution in [3.63, 3.8) is 0 Å². The molecule has 7 nitrogen and oxygen atoms in total. The van der Waals surface area contributed by atoms with Crippen molar-refractivity contribution in [2.75, 3.05) is 5.32 Å². The van der Waals surface area contributed by atoms with Gasteiger partial charge in [0.2, 0.25) is 0 Å². The van der Waals surface area contributed by atoms with Crippen molar-refractivity contribution in [2.24, 2.45) is 0 Å². The van der Waals surface area contributed by atoms with Gasteiger partial charge in [-0.15, -0.1) is 0 Å². The molecule has 0 saturated carbocycles. The Morgan fingerprint density at radius 3 is 2.41 bits per heavy atom. The fourth-order valence-corrected chi connectivity index (χ4v) is 4.06. The molecule has 0 unspecified atom stereocenters. The summed E-state index contributed by atoms with van der Waals surface area (Å²) in [5.41, 5.74) is 1.51. The fraction of sp³-hybridized carbons (Fsp3) is 0.154. The highest BCUT2D eigenvalue weighted by atomic mass is 19.4. The zero-order valence-electron chi connectivity index (χ0n) is 19.7. The highest BCUT2D eigenvalue weighted by Crippen LogP contribution is 2.33. The molecular formula is C26H20F4N6O. The number of carbonyl (C=O) groups excluding carboxylic acids is 1. The van der Waals surface area contributed by atoms with Crippen LogP contribution in [-0.2, 0) is 12.7 Å². The second kappa shape index (κ2) is 9.16. The van der Waals surface area contributed by atoms with Gasteiger partial charge in [-0.2, -0.15) is 23.4 Å². The topological polar surface area (TPSA) is 77.1 Å². The molecular weight excluding hydrogens is 488 g/mol. The van der Waals surface area contributed by atoms with E-state index in [0.29, 0.717) is 33.7 Å². The van der Waals surface area contributed by atoms with Gasteiger partial charge in [0.1, 0.15) is 11.4 Å². The third-order valence-electron chi connectivity index (χ3n) is 5.94. The normalized spacial score (nSPS) is 11.7. The molecule has 0 bridgehead atoms. The van der Waals surface area contributed by atoms with E-state index < -0.39 is 17.8 Å². The lowest BCUT2D eigenvalue weighted by Crippen LogP contribution is -2.16. The lowest BCUT2D eigenvalue weighted by molar-refractivity contribution is -0.142.